The first kappa shape index (κ1) is 15.0. The number of benzene rings is 2. The van der Waals surface area contributed by atoms with Gasteiger partial charge in [0.2, 0.25) is 0 Å². The van der Waals surface area contributed by atoms with E-state index in [2.05, 4.69) is 10.3 Å². The molecule has 1 aliphatic heterocycles. The highest BCUT2D eigenvalue weighted by Gasteiger charge is 2.24. The Balaban J connectivity index is 1.86. The molecule has 0 aliphatic carbocycles. The van der Waals surface area contributed by atoms with Crippen molar-refractivity contribution in [2.45, 2.75) is 0 Å². The third-order valence-electron chi connectivity index (χ3n) is 3.05. The molecule has 1 saturated heterocycles. The fraction of sp³-hybridized carbons (Fsp3) is 0. The van der Waals surface area contributed by atoms with Gasteiger partial charge in [-0.25, -0.2) is 4.99 Å². The lowest BCUT2D eigenvalue weighted by molar-refractivity contribution is -0.115. The zero-order chi connectivity index (χ0) is 16.4. The minimum absolute atomic E-state index is 0.0238. The zero-order valence-electron chi connectivity index (χ0n) is 11.7. The van der Waals surface area contributed by atoms with Crippen LogP contribution >= 0.6 is 11.8 Å². The second-order valence-corrected chi connectivity index (χ2v) is 5.75. The molecule has 0 saturated carbocycles. The monoisotopic (exact) mass is 328 g/mol. The maximum absolute atomic E-state index is 12.0. The fourth-order valence-electron chi connectivity index (χ4n) is 1.93. The number of hydrogen-bond acceptors (Lipinski definition) is 6. The van der Waals surface area contributed by atoms with Gasteiger partial charge >= 0.3 is 0 Å². The quantitative estimate of drug-likeness (QED) is 0.501. The molecule has 6 nitrogen and oxygen atoms in total. The van der Waals surface area contributed by atoms with E-state index < -0.39 is 0 Å². The molecule has 2 aromatic carbocycles. The van der Waals surface area contributed by atoms with Gasteiger partial charge in [0.25, 0.3) is 5.91 Å². The van der Waals surface area contributed by atoms with E-state index in [1.165, 1.54) is 18.2 Å². The van der Waals surface area contributed by atoms with Crippen LogP contribution in [-0.2, 0) is 4.79 Å². The number of carbonyl (C=O) groups excluding carboxylic acids is 1. The Labute approximate surface area is 135 Å². The number of aliphatic imine (C=N–C) groups is 1. The van der Waals surface area contributed by atoms with Crippen LogP contribution in [0.2, 0.25) is 0 Å². The van der Waals surface area contributed by atoms with Crippen LogP contribution in [0, 0.1) is 0 Å². The van der Waals surface area contributed by atoms with Gasteiger partial charge in [0.15, 0.2) is 16.7 Å². The van der Waals surface area contributed by atoms with Crippen molar-refractivity contribution in [3.63, 3.8) is 0 Å². The molecule has 1 fully saturated rings. The molecule has 1 aliphatic rings. The van der Waals surface area contributed by atoms with Gasteiger partial charge in [-0.05, 0) is 47.7 Å². The Morgan fingerprint density at radius 1 is 1.00 bits per heavy atom. The first-order valence-electron chi connectivity index (χ1n) is 6.62. The van der Waals surface area contributed by atoms with Crippen molar-refractivity contribution in [1.29, 1.82) is 0 Å². The number of amides is 1. The molecule has 0 radical (unpaired) electrons. The van der Waals surface area contributed by atoms with Crippen molar-refractivity contribution in [2.75, 3.05) is 0 Å². The normalized spacial score (nSPS) is 17.7. The molecular weight excluding hydrogens is 316 g/mol. The van der Waals surface area contributed by atoms with Gasteiger partial charge in [-0.2, -0.15) is 0 Å². The first-order valence-corrected chi connectivity index (χ1v) is 7.44. The predicted molar refractivity (Wildman–Crippen MR) is 88.7 cm³/mol. The highest BCUT2D eigenvalue weighted by atomic mass is 32.2. The summed E-state index contributed by atoms with van der Waals surface area (Å²) in [5, 5.41) is 31.4. The van der Waals surface area contributed by atoms with E-state index in [1.807, 2.05) is 0 Å². The Morgan fingerprint density at radius 3 is 2.52 bits per heavy atom. The smallest absolute Gasteiger partial charge is 0.264 e. The molecule has 23 heavy (non-hydrogen) atoms. The molecule has 116 valence electrons. The van der Waals surface area contributed by atoms with Gasteiger partial charge in [-0.1, -0.05) is 18.2 Å². The van der Waals surface area contributed by atoms with Crippen LogP contribution in [-0.4, -0.2) is 26.4 Å². The number of phenols is 3. The lowest BCUT2D eigenvalue weighted by Crippen LogP contribution is -2.19. The van der Waals surface area contributed by atoms with Crippen LogP contribution in [0.25, 0.3) is 6.08 Å². The number of rotatable bonds is 2. The highest BCUT2D eigenvalue weighted by Crippen LogP contribution is 2.32. The minimum atomic E-state index is -0.322. The third kappa shape index (κ3) is 3.29. The second kappa shape index (κ2) is 6.05. The number of thioether (sulfide) groups is 1. The first-order chi connectivity index (χ1) is 11.0. The van der Waals surface area contributed by atoms with Crippen molar-refractivity contribution in [3.05, 3.63) is 52.9 Å². The predicted octanol–water partition coefficient (Wildman–Crippen LogP) is 2.70. The fourth-order valence-corrected chi connectivity index (χ4v) is 2.77. The van der Waals surface area contributed by atoms with Crippen molar-refractivity contribution >= 4 is 34.6 Å². The molecule has 3 rings (SSSR count). The van der Waals surface area contributed by atoms with Gasteiger partial charge in [0.05, 0.1) is 4.91 Å². The van der Waals surface area contributed by atoms with Crippen LogP contribution < -0.4 is 5.32 Å². The molecule has 0 atom stereocenters. The van der Waals surface area contributed by atoms with Crippen molar-refractivity contribution in [1.82, 2.24) is 5.32 Å². The summed E-state index contributed by atoms with van der Waals surface area (Å²) in [5.41, 5.74) is 0.931. The molecule has 2 aromatic rings. The average Bonchev–Trinajstić information content (AvgIpc) is 2.85. The van der Waals surface area contributed by atoms with E-state index >= 15 is 0 Å². The number of nitrogens with zero attached hydrogens (tertiary/aromatic N) is 1. The number of amidine groups is 1. The molecule has 0 aromatic heterocycles. The summed E-state index contributed by atoms with van der Waals surface area (Å²) in [6.07, 6.45) is 1.58. The second-order valence-electron chi connectivity index (χ2n) is 4.72. The molecule has 0 unspecified atom stereocenters. The van der Waals surface area contributed by atoms with Crippen LogP contribution in [0.5, 0.6) is 17.2 Å². The largest absolute Gasteiger partial charge is 0.506 e. The van der Waals surface area contributed by atoms with Crippen LogP contribution in [0.15, 0.2) is 52.4 Å². The highest BCUT2D eigenvalue weighted by molar-refractivity contribution is 8.18. The summed E-state index contributed by atoms with van der Waals surface area (Å²) in [7, 11) is 0. The molecule has 4 N–H and O–H groups in total. The van der Waals surface area contributed by atoms with Crippen LogP contribution in [0.1, 0.15) is 5.56 Å². The number of nitrogens with one attached hydrogen (secondary N) is 1. The van der Waals surface area contributed by atoms with Gasteiger partial charge in [0, 0.05) is 0 Å². The van der Waals surface area contributed by atoms with Crippen molar-refractivity contribution in [3.8, 4) is 17.2 Å². The number of hydrogen-bond donors (Lipinski definition) is 4. The van der Waals surface area contributed by atoms with E-state index in [9.17, 15) is 20.1 Å². The van der Waals surface area contributed by atoms with Gasteiger partial charge in [0.1, 0.15) is 11.4 Å². The van der Waals surface area contributed by atoms with Gasteiger partial charge < -0.3 is 20.6 Å². The number of phenolic OH excluding ortho intramolecular Hbond substituents is 3. The average molecular weight is 328 g/mol. The van der Waals surface area contributed by atoms with Crippen molar-refractivity contribution < 1.29 is 20.1 Å². The molecular formula is C16H12N2O4S. The maximum atomic E-state index is 12.0. The number of para-hydroxylation sites is 2. The summed E-state index contributed by atoms with van der Waals surface area (Å²) in [6.45, 7) is 0. The van der Waals surface area contributed by atoms with Gasteiger partial charge in [-0.15, -0.1) is 0 Å². The van der Waals surface area contributed by atoms with Crippen molar-refractivity contribution in [2.24, 2.45) is 4.99 Å². The third-order valence-corrected chi connectivity index (χ3v) is 3.96. The molecule has 0 spiro atoms. The van der Waals surface area contributed by atoms with Crippen LogP contribution in [0.3, 0.4) is 0 Å². The van der Waals surface area contributed by atoms with Crippen LogP contribution in [0.4, 0.5) is 5.69 Å². The Kier molecular flexibility index (Phi) is 3.94. The topological polar surface area (TPSA) is 102 Å². The zero-order valence-corrected chi connectivity index (χ0v) is 12.5. The standard InChI is InChI=1S/C16H12N2O4S/c19-11-4-2-1-3-10(11)17-16-18-15(22)14(23-16)8-9-5-6-12(20)13(21)7-9/h1-8,19-21H,(H,17,18,22)/b14-8-. The van der Waals surface area contributed by atoms with E-state index in [1.54, 1.807) is 30.3 Å². The lowest BCUT2D eigenvalue weighted by Gasteiger charge is -1.99. The summed E-state index contributed by atoms with van der Waals surface area (Å²) in [4.78, 5) is 16.6. The number of aromatic hydroxyl groups is 3. The van der Waals surface area contributed by atoms with E-state index in [0.29, 0.717) is 21.3 Å². The Morgan fingerprint density at radius 2 is 1.78 bits per heavy atom. The minimum Gasteiger partial charge on any atom is -0.506 e. The summed E-state index contributed by atoms with van der Waals surface area (Å²) < 4.78 is 0. The Hall–Kier alpha value is -2.93. The number of carbonyl (C=O) groups is 1. The molecule has 0 bridgehead atoms. The lowest BCUT2D eigenvalue weighted by atomic mass is 10.2. The van der Waals surface area contributed by atoms with E-state index in [4.69, 9.17) is 0 Å². The molecule has 1 heterocycles. The Bertz CT molecular complexity index is 846. The van der Waals surface area contributed by atoms with E-state index in [-0.39, 0.29) is 23.2 Å². The molecule has 1 amide bonds. The molecule has 7 heteroatoms. The maximum Gasteiger partial charge on any atom is 0.264 e. The van der Waals surface area contributed by atoms with E-state index in [0.717, 1.165) is 11.8 Å². The summed E-state index contributed by atoms with van der Waals surface area (Å²) in [5.74, 6) is -0.782. The van der Waals surface area contributed by atoms with Gasteiger partial charge in [-0.3, -0.25) is 4.79 Å². The SMILES string of the molecule is O=C1NC(=Nc2ccccc2O)S/C1=C\c1ccc(O)c(O)c1. The summed E-state index contributed by atoms with van der Waals surface area (Å²) in [6, 6.07) is 10.8. The summed E-state index contributed by atoms with van der Waals surface area (Å²) >= 11 is 1.12.